The van der Waals surface area contributed by atoms with Crippen molar-refractivity contribution in [3.8, 4) is 5.75 Å². The minimum atomic E-state index is 0.276. The molecule has 0 aliphatic rings. The second-order valence-electron chi connectivity index (χ2n) is 4.37. The van der Waals surface area contributed by atoms with E-state index in [-0.39, 0.29) is 5.75 Å². The van der Waals surface area contributed by atoms with Gasteiger partial charge >= 0.3 is 0 Å². The van der Waals surface area contributed by atoms with Crippen LogP contribution in [0.2, 0.25) is 0 Å². The molecule has 3 heteroatoms. The smallest absolute Gasteiger partial charge is 0.115 e. The van der Waals surface area contributed by atoms with Gasteiger partial charge in [-0.15, -0.1) is 0 Å². The summed E-state index contributed by atoms with van der Waals surface area (Å²) >= 11 is 0. The zero-order valence-corrected chi connectivity index (χ0v) is 10.1. The first-order valence-corrected chi connectivity index (χ1v) is 5.83. The van der Waals surface area contributed by atoms with Gasteiger partial charge in [-0.1, -0.05) is 6.07 Å². The molecule has 18 heavy (non-hydrogen) atoms. The number of aryl methyl sites for hydroxylation is 1. The number of benzene rings is 2. The van der Waals surface area contributed by atoms with Crippen LogP contribution >= 0.6 is 0 Å². The highest BCUT2D eigenvalue weighted by Crippen LogP contribution is 2.23. The lowest BCUT2D eigenvalue weighted by Gasteiger charge is -2.07. The number of phenols is 1. The standard InChI is InChI=1S/C15H14N2O/c1-17-9-8-11-2-3-13(10-15(11)17)16-12-4-6-14(18)7-5-12/h2-10,16,18H,1H3. The monoisotopic (exact) mass is 238 g/mol. The van der Waals surface area contributed by atoms with Crippen molar-refractivity contribution in [3.63, 3.8) is 0 Å². The molecule has 0 spiro atoms. The molecule has 3 rings (SSSR count). The van der Waals surface area contributed by atoms with E-state index in [0.29, 0.717) is 0 Å². The topological polar surface area (TPSA) is 37.2 Å². The molecule has 0 aliphatic heterocycles. The Morgan fingerprint density at radius 2 is 1.67 bits per heavy atom. The fraction of sp³-hybridized carbons (Fsp3) is 0.0667. The summed E-state index contributed by atoms with van der Waals surface area (Å²) in [7, 11) is 2.03. The molecule has 3 aromatic rings. The summed E-state index contributed by atoms with van der Waals surface area (Å²) in [5.41, 5.74) is 3.19. The summed E-state index contributed by atoms with van der Waals surface area (Å²) in [5.74, 6) is 0.276. The molecule has 3 nitrogen and oxygen atoms in total. The third-order valence-electron chi connectivity index (χ3n) is 3.04. The second-order valence-corrected chi connectivity index (χ2v) is 4.37. The van der Waals surface area contributed by atoms with Crippen molar-refractivity contribution in [3.05, 3.63) is 54.7 Å². The highest BCUT2D eigenvalue weighted by molar-refractivity contribution is 5.84. The summed E-state index contributed by atoms with van der Waals surface area (Å²) in [6, 6.07) is 15.4. The molecular formula is C15H14N2O. The summed E-state index contributed by atoms with van der Waals surface area (Å²) in [6.45, 7) is 0. The molecular weight excluding hydrogens is 224 g/mol. The molecule has 1 heterocycles. The van der Waals surface area contributed by atoms with Gasteiger partial charge in [0.05, 0.1) is 0 Å². The molecule has 0 fully saturated rings. The van der Waals surface area contributed by atoms with Crippen LogP contribution in [0.1, 0.15) is 0 Å². The number of rotatable bonds is 2. The lowest BCUT2D eigenvalue weighted by Crippen LogP contribution is -1.91. The molecule has 0 atom stereocenters. The fourth-order valence-corrected chi connectivity index (χ4v) is 2.05. The quantitative estimate of drug-likeness (QED) is 0.669. The van der Waals surface area contributed by atoms with E-state index in [1.165, 1.54) is 10.9 Å². The molecule has 2 N–H and O–H groups in total. The highest BCUT2D eigenvalue weighted by atomic mass is 16.3. The van der Waals surface area contributed by atoms with Gasteiger partial charge in [-0.2, -0.15) is 0 Å². The van der Waals surface area contributed by atoms with Crippen molar-refractivity contribution in [1.82, 2.24) is 4.57 Å². The average molecular weight is 238 g/mol. The van der Waals surface area contributed by atoms with Crippen molar-refractivity contribution in [2.24, 2.45) is 7.05 Å². The summed E-state index contributed by atoms with van der Waals surface area (Å²) < 4.78 is 2.09. The van der Waals surface area contributed by atoms with Crippen LogP contribution in [0.5, 0.6) is 5.75 Å². The maximum Gasteiger partial charge on any atom is 0.115 e. The van der Waals surface area contributed by atoms with Gasteiger partial charge in [0.15, 0.2) is 0 Å². The highest BCUT2D eigenvalue weighted by Gasteiger charge is 2.00. The molecule has 90 valence electrons. The predicted octanol–water partition coefficient (Wildman–Crippen LogP) is 3.63. The number of anilines is 2. The lowest BCUT2D eigenvalue weighted by atomic mass is 10.2. The number of nitrogens with one attached hydrogen (secondary N) is 1. The van der Waals surface area contributed by atoms with E-state index in [0.717, 1.165) is 11.4 Å². The Kier molecular flexibility index (Phi) is 2.45. The van der Waals surface area contributed by atoms with E-state index in [2.05, 4.69) is 40.3 Å². The Bertz CT molecular complexity index is 683. The molecule has 0 bridgehead atoms. The van der Waals surface area contributed by atoms with E-state index in [9.17, 15) is 5.11 Å². The van der Waals surface area contributed by atoms with Crippen molar-refractivity contribution in [2.45, 2.75) is 0 Å². The summed E-state index contributed by atoms with van der Waals surface area (Å²) in [5, 5.41) is 13.8. The van der Waals surface area contributed by atoms with Gasteiger partial charge in [0.2, 0.25) is 0 Å². The number of hydrogen-bond acceptors (Lipinski definition) is 2. The van der Waals surface area contributed by atoms with E-state index in [1.54, 1.807) is 12.1 Å². The zero-order valence-electron chi connectivity index (χ0n) is 10.1. The van der Waals surface area contributed by atoms with E-state index >= 15 is 0 Å². The number of nitrogens with zero attached hydrogens (tertiary/aromatic N) is 1. The van der Waals surface area contributed by atoms with Gasteiger partial charge in [0, 0.05) is 30.1 Å². The molecule has 0 radical (unpaired) electrons. The third kappa shape index (κ3) is 1.91. The van der Waals surface area contributed by atoms with Crippen molar-refractivity contribution in [1.29, 1.82) is 0 Å². The van der Waals surface area contributed by atoms with E-state index in [4.69, 9.17) is 0 Å². The van der Waals surface area contributed by atoms with Crippen molar-refractivity contribution < 1.29 is 5.11 Å². The van der Waals surface area contributed by atoms with E-state index < -0.39 is 0 Å². The Morgan fingerprint density at radius 1 is 0.944 bits per heavy atom. The van der Waals surface area contributed by atoms with Gasteiger partial charge in [-0.25, -0.2) is 0 Å². The molecule has 0 amide bonds. The minimum absolute atomic E-state index is 0.276. The second kappa shape index (κ2) is 4.11. The predicted molar refractivity (Wildman–Crippen MR) is 74.3 cm³/mol. The Balaban J connectivity index is 1.94. The van der Waals surface area contributed by atoms with Crippen LogP contribution in [-0.2, 0) is 7.05 Å². The normalized spacial score (nSPS) is 10.7. The van der Waals surface area contributed by atoms with Gasteiger partial charge in [-0.05, 0) is 47.9 Å². The van der Waals surface area contributed by atoms with Crippen LogP contribution in [0.25, 0.3) is 10.9 Å². The molecule has 2 aromatic carbocycles. The van der Waals surface area contributed by atoms with Gasteiger partial charge < -0.3 is 15.0 Å². The SMILES string of the molecule is Cn1ccc2ccc(Nc3ccc(O)cc3)cc21. The summed E-state index contributed by atoms with van der Waals surface area (Å²) in [6.07, 6.45) is 2.05. The van der Waals surface area contributed by atoms with Crippen LogP contribution in [0.15, 0.2) is 54.7 Å². The van der Waals surface area contributed by atoms with Gasteiger partial charge in [0.25, 0.3) is 0 Å². The fourth-order valence-electron chi connectivity index (χ4n) is 2.05. The van der Waals surface area contributed by atoms with Crippen molar-refractivity contribution >= 4 is 22.3 Å². The Morgan fingerprint density at radius 3 is 2.44 bits per heavy atom. The number of fused-ring (bicyclic) bond motifs is 1. The van der Waals surface area contributed by atoms with Crippen LogP contribution in [0, 0.1) is 0 Å². The van der Waals surface area contributed by atoms with Crippen LogP contribution in [0.4, 0.5) is 11.4 Å². The molecule has 0 saturated heterocycles. The van der Waals surface area contributed by atoms with Crippen LogP contribution in [0.3, 0.4) is 0 Å². The number of aromatic nitrogens is 1. The van der Waals surface area contributed by atoms with Gasteiger partial charge in [0.1, 0.15) is 5.75 Å². The third-order valence-corrected chi connectivity index (χ3v) is 3.04. The maximum absolute atomic E-state index is 9.24. The first-order chi connectivity index (χ1) is 8.72. The molecule has 1 aromatic heterocycles. The number of aromatic hydroxyl groups is 1. The van der Waals surface area contributed by atoms with Gasteiger partial charge in [-0.3, -0.25) is 0 Å². The maximum atomic E-state index is 9.24. The number of hydrogen-bond donors (Lipinski definition) is 2. The van der Waals surface area contributed by atoms with Crippen molar-refractivity contribution in [2.75, 3.05) is 5.32 Å². The van der Waals surface area contributed by atoms with Crippen LogP contribution < -0.4 is 5.32 Å². The minimum Gasteiger partial charge on any atom is -0.508 e. The average Bonchev–Trinajstić information content (AvgIpc) is 2.74. The number of phenolic OH excluding ortho intramolecular Hbond substituents is 1. The lowest BCUT2D eigenvalue weighted by molar-refractivity contribution is 0.475. The zero-order chi connectivity index (χ0) is 12.5. The first kappa shape index (κ1) is 10.7. The van der Waals surface area contributed by atoms with E-state index in [1.807, 2.05) is 19.2 Å². The summed E-state index contributed by atoms with van der Waals surface area (Å²) in [4.78, 5) is 0. The molecule has 0 aliphatic carbocycles. The molecule has 0 saturated carbocycles. The molecule has 0 unspecified atom stereocenters. The first-order valence-electron chi connectivity index (χ1n) is 5.83. The largest absolute Gasteiger partial charge is 0.508 e. The Labute approximate surface area is 105 Å². The van der Waals surface area contributed by atoms with Crippen LogP contribution in [-0.4, -0.2) is 9.67 Å². The Hall–Kier alpha value is -2.42.